The molecule has 0 bridgehead atoms. The zero-order valence-corrected chi connectivity index (χ0v) is 12.7. The fraction of sp³-hybridized carbons (Fsp3) is 0.714. The number of rotatable bonds is 8. The topological polar surface area (TPSA) is 59.1 Å². The highest BCUT2D eigenvalue weighted by atomic mass is 16.5. The summed E-state index contributed by atoms with van der Waals surface area (Å²) in [5, 5.41) is 6.67. The molecule has 1 aromatic rings. The molecule has 1 aromatic heterocycles. The summed E-state index contributed by atoms with van der Waals surface area (Å²) in [6.45, 7) is 9.56. The summed E-state index contributed by atoms with van der Waals surface area (Å²) >= 11 is 0. The first-order chi connectivity index (χ1) is 9.13. The second-order valence-corrected chi connectivity index (χ2v) is 4.85. The van der Waals surface area contributed by atoms with Crippen LogP contribution in [0.25, 0.3) is 0 Å². The van der Waals surface area contributed by atoms with Gasteiger partial charge in [-0.1, -0.05) is 27.2 Å². The van der Waals surface area contributed by atoms with Gasteiger partial charge in [-0.05, 0) is 19.3 Å². The predicted molar refractivity (Wildman–Crippen MR) is 79.9 cm³/mol. The van der Waals surface area contributed by atoms with Crippen LogP contribution in [-0.4, -0.2) is 29.7 Å². The van der Waals surface area contributed by atoms with Gasteiger partial charge in [0.05, 0.1) is 7.11 Å². The van der Waals surface area contributed by atoms with Crippen LogP contribution < -0.4 is 15.4 Å². The van der Waals surface area contributed by atoms with E-state index in [0.29, 0.717) is 17.7 Å². The summed E-state index contributed by atoms with van der Waals surface area (Å²) in [5.74, 6) is 2.76. The minimum absolute atomic E-state index is 0.341. The molecule has 5 heteroatoms. The molecule has 0 amide bonds. The zero-order valence-electron chi connectivity index (χ0n) is 12.7. The number of nitrogens with one attached hydrogen (secondary N) is 2. The third kappa shape index (κ3) is 4.26. The van der Waals surface area contributed by atoms with E-state index in [-0.39, 0.29) is 0 Å². The predicted octanol–water partition coefficient (Wildman–Crippen LogP) is 3.15. The van der Waals surface area contributed by atoms with Gasteiger partial charge in [0.25, 0.3) is 0 Å². The van der Waals surface area contributed by atoms with E-state index in [1.165, 1.54) is 0 Å². The van der Waals surface area contributed by atoms with Crippen molar-refractivity contribution in [1.29, 1.82) is 0 Å². The normalized spacial score (nSPS) is 13.7. The Kier molecular flexibility index (Phi) is 6.39. The highest BCUT2D eigenvalue weighted by Gasteiger charge is 2.16. The molecule has 0 fully saturated rings. The summed E-state index contributed by atoms with van der Waals surface area (Å²) in [6.07, 6.45) is 3.73. The average molecular weight is 266 g/mol. The molecule has 0 radical (unpaired) electrons. The van der Waals surface area contributed by atoms with Crippen LogP contribution in [-0.2, 0) is 0 Å². The maximum atomic E-state index is 5.44. The lowest BCUT2D eigenvalue weighted by atomic mass is 10.0. The Bertz CT molecular complexity index is 384. The van der Waals surface area contributed by atoms with E-state index in [1.54, 1.807) is 13.4 Å². The molecule has 1 heterocycles. The molecule has 1 rings (SSSR count). The second kappa shape index (κ2) is 7.81. The summed E-state index contributed by atoms with van der Waals surface area (Å²) in [4.78, 5) is 8.52. The standard InChI is InChI=1S/C14H26N4O/c1-6-8-15-13-12(19-5)14(17-9-16-13)18-11(4)10(3)7-2/h9-11H,6-8H2,1-5H3,(H2,15,16,17,18). The fourth-order valence-electron chi connectivity index (χ4n) is 1.75. The van der Waals surface area contributed by atoms with Crippen LogP contribution in [0.15, 0.2) is 6.33 Å². The third-order valence-corrected chi connectivity index (χ3v) is 3.41. The van der Waals surface area contributed by atoms with Gasteiger partial charge in [0.15, 0.2) is 11.6 Å². The molecular weight excluding hydrogens is 240 g/mol. The Balaban J connectivity index is 2.87. The molecule has 0 saturated heterocycles. The summed E-state index contributed by atoms with van der Waals surface area (Å²) in [6, 6.07) is 0.341. The molecule has 0 aliphatic heterocycles. The van der Waals surface area contributed by atoms with E-state index in [4.69, 9.17) is 4.74 Å². The lowest BCUT2D eigenvalue weighted by Crippen LogP contribution is -2.24. The van der Waals surface area contributed by atoms with Crippen molar-refractivity contribution in [3.8, 4) is 5.75 Å². The van der Waals surface area contributed by atoms with Gasteiger partial charge >= 0.3 is 0 Å². The number of ether oxygens (including phenoxy) is 1. The maximum absolute atomic E-state index is 5.44. The Morgan fingerprint density at radius 1 is 1.21 bits per heavy atom. The Morgan fingerprint density at radius 2 is 1.89 bits per heavy atom. The quantitative estimate of drug-likeness (QED) is 0.757. The molecule has 5 nitrogen and oxygen atoms in total. The highest BCUT2D eigenvalue weighted by Crippen LogP contribution is 2.30. The van der Waals surface area contributed by atoms with Crippen molar-refractivity contribution >= 4 is 11.6 Å². The molecule has 2 unspecified atom stereocenters. The number of nitrogens with zero attached hydrogens (tertiary/aromatic N) is 2. The molecule has 0 aliphatic carbocycles. The highest BCUT2D eigenvalue weighted by molar-refractivity contribution is 5.63. The van der Waals surface area contributed by atoms with E-state index in [2.05, 4.69) is 48.3 Å². The lowest BCUT2D eigenvalue weighted by molar-refractivity contribution is 0.412. The smallest absolute Gasteiger partial charge is 0.204 e. The Hall–Kier alpha value is -1.52. The number of anilines is 2. The molecule has 0 aromatic carbocycles. The number of methoxy groups -OCH3 is 1. The molecule has 2 N–H and O–H groups in total. The molecule has 0 saturated carbocycles. The largest absolute Gasteiger partial charge is 0.490 e. The molecule has 108 valence electrons. The summed E-state index contributed by atoms with van der Waals surface area (Å²) in [7, 11) is 1.65. The van der Waals surface area contributed by atoms with E-state index in [1.807, 2.05) is 0 Å². The van der Waals surface area contributed by atoms with Crippen LogP contribution in [0, 0.1) is 5.92 Å². The lowest BCUT2D eigenvalue weighted by Gasteiger charge is -2.22. The van der Waals surface area contributed by atoms with E-state index in [9.17, 15) is 0 Å². The first-order valence-electron chi connectivity index (χ1n) is 7.03. The second-order valence-electron chi connectivity index (χ2n) is 4.85. The van der Waals surface area contributed by atoms with Crippen molar-refractivity contribution in [2.75, 3.05) is 24.3 Å². The van der Waals surface area contributed by atoms with Gasteiger partial charge in [0, 0.05) is 12.6 Å². The third-order valence-electron chi connectivity index (χ3n) is 3.41. The number of hydrogen-bond acceptors (Lipinski definition) is 5. The summed E-state index contributed by atoms with van der Waals surface area (Å²) in [5.41, 5.74) is 0. The minimum Gasteiger partial charge on any atom is -0.490 e. The molecule has 2 atom stereocenters. The minimum atomic E-state index is 0.341. The van der Waals surface area contributed by atoms with Crippen molar-refractivity contribution < 1.29 is 4.74 Å². The van der Waals surface area contributed by atoms with Crippen LogP contribution >= 0.6 is 0 Å². The van der Waals surface area contributed by atoms with Crippen molar-refractivity contribution in [2.24, 2.45) is 5.92 Å². The first-order valence-corrected chi connectivity index (χ1v) is 7.03. The Labute approximate surface area is 116 Å². The first kappa shape index (κ1) is 15.5. The zero-order chi connectivity index (χ0) is 14.3. The van der Waals surface area contributed by atoms with Gasteiger partial charge < -0.3 is 15.4 Å². The molecule has 0 spiro atoms. The fourth-order valence-corrected chi connectivity index (χ4v) is 1.75. The molecule has 19 heavy (non-hydrogen) atoms. The van der Waals surface area contributed by atoms with Crippen molar-refractivity contribution in [3.63, 3.8) is 0 Å². The van der Waals surface area contributed by atoms with Gasteiger partial charge in [0.1, 0.15) is 6.33 Å². The van der Waals surface area contributed by atoms with Crippen molar-refractivity contribution in [1.82, 2.24) is 9.97 Å². The number of hydrogen-bond donors (Lipinski definition) is 2. The van der Waals surface area contributed by atoms with Gasteiger partial charge in [-0.2, -0.15) is 0 Å². The SMILES string of the molecule is CCCNc1ncnc(NC(C)C(C)CC)c1OC. The van der Waals surface area contributed by atoms with E-state index >= 15 is 0 Å². The van der Waals surface area contributed by atoms with Crippen LogP contribution in [0.2, 0.25) is 0 Å². The number of aromatic nitrogens is 2. The van der Waals surface area contributed by atoms with Crippen molar-refractivity contribution in [3.05, 3.63) is 6.33 Å². The molecule has 0 aliphatic rings. The van der Waals surface area contributed by atoms with Crippen molar-refractivity contribution in [2.45, 2.75) is 46.6 Å². The summed E-state index contributed by atoms with van der Waals surface area (Å²) < 4.78 is 5.44. The monoisotopic (exact) mass is 266 g/mol. The van der Waals surface area contributed by atoms with Gasteiger partial charge in [-0.25, -0.2) is 9.97 Å². The average Bonchev–Trinajstić information content (AvgIpc) is 2.44. The van der Waals surface area contributed by atoms with Crippen LogP contribution in [0.5, 0.6) is 5.75 Å². The van der Waals surface area contributed by atoms with Crippen LogP contribution in [0.4, 0.5) is 11.6 Å². The van der Waals surface area contributed by atoms with Crippen LogP contribution in [0.1, 0.15) is 40.5 Å². The van der Waals surface area contributed by atoms with E-state index in [0.717, 1.165) is 31.0 Å². The van der Waals surface area contributed by atoms with Gasteiger partial charge in [-0.3, -0.25) is 0 Å². The van der Waals surface area contributed by atoms with E-state index < -0.39 is 0 Å². The van der Waals surface area contributed by atoms with Crippen LogP contribution in [0.3, 0.4) is 0 Å². The maximum Gasteiger partial charge on any atom is 0.204 e. The van der Waals surface area contributed by atoms with Gasteiger partial charge in [-0.15, -0.1) is 0 Å². The molecular formula is C14H26N4O. The Morgan fingerprint density at radius 3 is 2.47 bits per heavy atom. The van der Waals surface area contributed by atoms with Gasteiger partial charge in [0.2, 0.25) is 5.75 Å².